The molecule has 0 saturated carbocycles. The second kappa shape index (κ2) is 54.1. The molecule has 0 aromatic carbocycles. The van der Waals surface area contributed by atoms with E-state index in [1.165, 1.54) is 38.5 Å². The van der Waals surface area contributed by atoms with Crippen LogP contribution in [0.25, 0.3) is 0 Å². The van der Waals surface area contributed by atoms with Gasteiger partial charge in [0.25, 0.3) is 0 Å². The maximum absolute atomic E-state index is 12.4. The fourth-order valence-corrected chi connectivity index (χ4v) is 6.51. The van der Waals surface area contributed by atoms with Crippen molar-refractivity contribution >= 4 is 5.91 Å². The number of nitrogens with one attached hydrogen (secondary N) is 1. The maximum Gasteiger partial charge on any atom is 0.220 e. The van der Waals surface area contributed by atoms with E-state index < -0.39 is 12.1 Å². The predicted molar refractivity (Wildman–Crippen MR) is 289 cm³/mol. The van der Waals surface area contributed by atoms with Gasteiger partial charge >= 0.3 is 0 Å². The zero-order valence-corrected chi connectivity index (χ0v) is 41.4. The van der Waals surface area contributed by atoms with E-state index in [2.05, 4.69) is 177 Å². The molecule has 0 aliphatic rings. The Morgan fingerprint density at radius 3 is 1.08 bits per heavy atom. The first-order chi connectivity index (χ1) is 32.2. The summed E-state index contributed by atoms with van der Waals surface area (Å²) in [4.78, 5) is 12.4. The van der Waals surface area contributed by atoms with Crippen molar-refractivity contribution in [1.82, 2.24) is 5.32 Å². The van der Waals surface area contributed by atoms with Crippen LogP contribution in [0.2, 0.25) is 0 Å². The molecule has 0 saturated heterocycles. The van der Waals surface area contributed by atoms with Gasteiger partial charge in [-0.2, -0.15) is 0 Å². The number of allylic oxidation sites excluding steroid dienone is 27. The minimum Gasteiger partial charge on any atom is -0.394 e. The lowest BCUT2D eigenvalue weighted by Crippen LogP contribution is -2.45. The van der Waals surface area contributed by atoms with Gasteiger partial charge in [0, 0.05) is 6.42 Å². The third-order valence-corrected chi connectivity index (χ3v) is 10.4. The van der Waals surface area contributed by atoms with Gasteiger partial charge in [-0.1, -0.05) is 223 Å². The van der Waals surface area contributed by atoms with Gasteiger partial charge in [0.2, 0.25) is 5.91 Å². The summed E-state index contributed by atoms with van der Waals surface area (Å²) in [6.07, 6.45) is 89.1. The predicted octanol–water partition coefficient (Wildman–Crippen LogP) is 17.2. The van der Waals surface area contributed by atoms with Gasteiger partial charge in [-0.05, 0) is 128 Å². The molecule has 1 amide bonds. The molecule has 362 valence electrons. The number of unbranched alkanes of at least 4 members (excludes halogenated alkanes) is 11. The number of aliphatic hydroxyl groups is 2. The van der Waals surface area contributed by atoms with E-state index in [-0.39, 0.29) is 12.5 Å². The van der Waals surface area contributed by atoms with E-state index in [1.807, 2.05) is 6.08 Å². The van der Waals surface area contributed by atoms with Crippen LogP contribution >= 0.6 is 0 Å². The largest absolute Gasteiger partial charge is 0.394 e. The first kappa shape index (κ1) is 60.8. The molecule has 0 bridgehead atoms. The van der Waals surface area contributed by atoms with Gasteiger partial charge < -0.3 is 15.5 Å². The Bertz CT molecular complexity index is 1470. The fraction of sp³-hybridized carbons (Fsp3) is 0.525. The summed E-state index contributed by atoms with van der Waals surface area (Å²) in [6, 6.07) is -0.668. The second-order valence-corrected chi connectivity index (χ2v) is 16.5. The minimum absolute atomic E-state index is 0.106. The van der Waals surface area contributed by atoms with E-state index in [9.17, 15) is 15.0 Å². The normalized spacial score (nSPS) is 14.3. The number of amides is 1. The van der Waals surface area contributed by atoms with E-state index >= 15 is 0 Å². The van der Waals surface area contributed by atoms with Crippen molar-refractivity contribution in [2.75, 3.05) is 6.61 Å². The molecule has 0 rings (SSSR count). The Labute approximate surface area is 400 Å². The van der Waals surface area contributed by atoms with E-state index in [4.69, 9.17) is 0 Å². The van der Waals surface area contributed by atoms with Crippen molar-refractivity contribution in [3.05, 3.63) is 170 Å². The number of hydrogen-bond acceptors (Lipinski definition) is 3. The van der Waals surface area contributed by atoms with Gasteiger partial charge in [0.15, 0.2) is 0 Å². The molecule has 2 atom stereocenters. The molecule has 0 fully saturated rings. The van der Waals surface area contributed by atoms with Crippen molar-refractivity contribution in [2.24, 2.45) is 0 Å². The van der Waals surface area contributed by atoms with Crippen LogP contribution in [-0.4, -0.2) is 34.9 Å². The number of aliphatic hydroxyl groups excluding tert-OH is 2. The highest BCUT2D eigenvalue weighted by atomic mass is 16.3. The Morgan fingerprint density at radius 2 is 0.692 bits per heavy atom. The molecule has 0 heterocycles. The van der Waals surface area contributed by atoms with Crippen LogP contribution in [0.1, 0.15) is 187 Å². The highest BCUT2D eigenvalue weighted by molar-refractivity contribution is 5.76. The lowest BCUT2D eigenvalue weighted by atomic mass is 10.1. The molecule has 0 spiro atoms. The van der Waals surface area contributed by atoms with Crippen LogP contribution in [0.3, 0.4) is 0 Å². The average molecular weight is 890 g/mol. The molecule has 0 aliphatic carbocycles. The quantitative estimate of drug-likeness (QED) is 0.0422. The summed E-state index contributed by atoms with van der Waals surface area (Å²) in [7, 11) is 0. The molecule has 0 aromatic heterocycles. The van der Waals surface area contributed by atoms with Crippen LogP contribution in [-0.2, 0) is 4.79 Å². The highest BCUT2D eigenvalue weighted by Crippen LogP contribution is 2.10. The summed E-state index contributed by atoms with van der Waals surface area (Å²) >= 11 is 0. The molecular formula is C61H95NO3. The maximum atomic E-state index is 12.4. The van der Waals surface area contributed by atoms with Crippen molar-refractivity contribution in [3.63, 3.8) is 0 Å². The van der Waals surface area contributed by atoms with Crippen molar-refractivity contribution < 1.29 is 15.0 Å². The fourth-order valence-electron chi connectivity index (χ4n) is 6.51. The van der Waals surface area contributed by atoms with Gasteiger partial charge in [-0.25, -0.2) is 0 Å². The summed E-state index contributed by atoms with van der Waals surface area (Å²) in [5.74, 6) is -0.106. The SMILES string of the molecule is CC/C=C\C/C=C\C/C=C\C/C=C\C/C=C\C/C=C\C/C=C\C/C=C\C/C=C\C/C=C\C/C=C\CCCCCCCC(=O)NC(CO)C(O)/C=C/CC/C=C/CC/C=C/CCCCCC. The van der Waals surface area contributed by atoms with Crippen LogP contribution in [0.5, 0.6) is 0 Å². The van der Waals surface area contributed by atoms with E-state index in [0.717, 1.165) is 128 Å². The second-order valence-electron chi connectivity index (χ2n) is 16.5. The average Bonchev–Trinajstić information content (AvgIpc) is 3.31. The number of carbonyl (C=O) groups is 1. The zero-order chi connectivity index (χ0) is 47.0. The van der Waals surface area contributed by atoms with Crippen molar-refractivity contribution in [1.29, 1.82) is 0 Å². The van der Waals surface area contributed by atoms with Crippen molar-refractivity contribution in [3.8, 4) is 0 Å². The first-order valence-corrected chi connectivity index (χ1v) is 25.8. The smallest absolute Gasteiger partial charge is 0.220 e. The van der Waals surface area contributed by atoms with E-state index in [0.29, 0.717) is 6.42 Å². The van der Waals surface area contributed by atoms with Gasteiger partial charge in [-0.3, -0.25) is 4.79 Å². The molecular weight excluding hydrogens is 795 g/mol. The molecule has 2 unspecified atom stereocenters. The van der Waals surface area contributed by atoms with Crippen LogP contribution in [0, 0.1) is 0 Å². The Balaban J connectivity index is 3.74. The Kier molecular flexibility index (Phi) is 50.5. The van der Waals surface area contributed by atoms with E-state index in [1.54, 1.807) is 6.08 Å². The summed E-state index contributed by atoms with van der Waals surface area (Å²) in [5, 5.41) is 23.0. The standard InChI is InChI=1S/C61H95NO3/c1-3-5-7-9-11-13-15-17-19-20-21-22-23-24-25-26-27-28-29-30-31-32-33-34-35-36-37-38-39-40-41-42-43-45-47-49-51-53-55-57-61(65)62-59(58-63)60(64)56-54-52-50-48-46-44-18-16-14-12-10-8-6-4-2/h5,7,11,13-14,16-17,19,21-22,24-25,27-28,30-31,33-34,36-37,39-40,42-43,46,48,54,56,59-60,63-64H,3-4,6,8-10,12,15,18,20,23,26,29,32,35,38,41,44-45,47,49-53,55,57-58H2,1-2H3,(H,62,65)/b7-5-,13-11-,16-14+,19-17-,22-21-,25-24-,28-27-,31-30-,34-33-,37-36-,40-39-,43-42-,48-46+,56-54+. The number of hydrogen-bond donors (Lipinski definition) is 3. The lowest BCUT2D eigenvalue weighted by molar-refractivity contribution is -0.123. The molecule has 3 N–H and O–H groups in total. The first-order valence-electron chi connectivity index (χ1n) is 25.8. The molecule has 0 radical (unpaired) electrons. The monoisotopic (exact) mass is 890 g/mol. The summed E-state index contributed by atoms with van der Waals surface area (Å²) in [5.41, 5.74) is 0. The third kappa shape index (κ3) is 50.6. The molecule has 4 nitrogen and oxygen atoms in total. The molecule has 0 aliphatic heterocycles. The van der Waals surface area contributed by atoms with Gasteiger partial charge in [0.05, 0.1) is 18.8 Å². The number of rotatable bonds is 44. The highest BCUT2D eigenvalue weighted by Gasteiger charge is 2.17. The molecule has 4 heteroatoms. The van der Waals surface area contributed by atoms with Gasteiger partial charge in [-0.15, -0.1) is 0 Å². The van der Waals surface area contributed by atoms with Crippen LogP contribution in [0.15, 0.2) is 170 Å². The van der Waals surface area contributed by atoms with Crippen LogP contribution < -0.4 is 5.32 Å². The zero-order valence-electron chi connectivity index (χ0n) is 41.4. The minimum atomic E-state index is -0.890. The number of carbonyl (C=O) groups excluding carboxylic acids is 1. The van der Waals surface area contributed by atoms with Gasteiger partial charge in [0.1, 0.15) is 0 Å². The van der Waals surface area contributed by atoms with Crippen molar-refractivity contribution in [2.45, 2.75) is 199 Å². The van der Waals surface area contributed by atoms with Crippen LogP contribution in [0.4, 0.5) is 0 Å². The summed E-state index contributed by atoms with van der Waals surface area (Å²) in [6.45, 7) is 4.12. The summed E-state index contributed by atoms with van der Waals surface area (Å²) < 4.78 is 0. The molecule has 65 heavy (non-hydrogen) atoms. The lowest BCUT2D eigenvalue weighted by Gasteiger charge is -2.19. The third-order valence-electron chi connectivity index (χ3n) is 10.4. The Hall–Kier alpha value is -4.25. The topological polar surface area (TPSA) is 69.6 Å². The molecule has 0 aromatic rings. The Morgan fingerprint density at radius 1 is 0.385 bits per heavy atom.